The SMILES string of the molecule is c1ccc2oc(CCCSc3nnc(NC4CCCCC4)s3)nc2c1. The third-order valence-corrected chi connectivity index (χ3v) is 6.51. The van der Waals surface area contributed by atoms with Crippen molar-refractivity contribution in [3.8, 4) is 0 Å². The van der Waals surface area contributed by atoms with Crippen LogP contribution in [0.1, 0.15) is 44.4 Å². The van der Waals surface area contributed by atoms with Crippen LogP contribution in [0.5, 0.6) is 0 Å². The highest BCUT2D eigenvalue weighted by atomic mass is 32.2. The molecule has 3 aromatic rings. The molecule has 0 unspecified atom stereocenters. The maximum Gasteiger partial charge on any atom is 0.206 e. The van der Waals surface area contributed by atoms with Crippen LogP contribution in [-0.2, 0) is 6.42 Å². The Labute approximate surface area is 155 Å². The van der Waals surface area contributed by atoms with Gasteiger partial charge in [0.2, 0.25) is 5.13 Å². The normalized spacial score (nSPS) is 15.7. The summed E-state index contributed by atoms with van der Waals surface area (Å²) in [5, 5.41) is 13.1. The predicted octanol–water partition coefficient (Wildman–Crippen LogP) is 5.15. The Morgan fingerprint density at radius 3 is 2.92 bits per heavy atom. The van der Waals surface area contributed by atoms with E-state index in [1.54, 1.807) is 23.1 Å². The molecule has 0 spiro atoms. The van der Waals surface area contributed by atoms with E-state index in [1.165, 1.54) is 32.1 Å². The van der Waals surface area contributed by atoms with Crippen LogP contribution in [0.3, 0.4) is 0 Å². The highest BCUT2D eigenvalue weighted by molar-refractivity contribution is 8.01. The zero-order valence-electron chi connectivity index (χ0n) is 14.1. The molecule has 4 rings (SSSR count). The van der Waals surface area contributed by atoms with Crippen LogP contribution in [0.15, 0.2) is 33.0 Å². The summed E-state index contributed by atoms with van der Waals surface area (Å²) in [4.78, 5) is 4.52. The molecule has 5 nitrogen and oxygen atoms in total. The lowest BCUT2D eigenvalue weighted by Gasteiger charge is -2.21. The van der Waals surface area contributed by atoms with Crippen molar-refractivity contribution in [2.24, 2.45) is 0 Å². The van der Waals surface area contributed by atoms with Gasteiger partial charge in [0.1, 0.15) is 5.52 Å². The third kappa shape index (κ3) is 4.52. The van der Waals surface area contributed by atoms with Gasteiger partial charge >= 0.3 is 0 Å². The number of para-hydroxylation sites is 2. The van der Waals surface area contributed by atoms with Crippen molar-refractivity contribution in [3.63, 3.8) is 0 Å². The number of hydrogen-bond donors (Lipinski definition) is 1. The fraction of sp³-hybridized carbons (Fsp3) is 0.500. The van der Waals surface area contributed by atoms with Gasteiger partial charge in [-0.2, -0.15) is 0 Å². The van der Waals surface area contributed by atoms with E-state index < -0.39 is 0 Å². The standard InChI is InChI=1S/C18H22N4OS2/c1-2-7-13(8-3-1)19-17-21-22-18(25-17)24-12-6-11-16-20-14-9-4-5-10-15(14)23-16/h4-5,9-10,13H,1-3,6-8,11-12H2,(H,19,21). The summed E-state index contributed by atoms with van der Waals surface area (Å²) >= 11 is 3.43. The predicted molar refractivity (Wildman–Crippen MR) is 103 cm³/mol. The minimum absolute atomic E-state index is 0.582. The van der Waals surface area contributed by atoms with Crippen molar-refractivity contribution in [1.82, 2.24) is 15.2 Å². The van der Waals surface area contributed by atoms with Gasteiger partial charge in [-0.15, -0.1) is 10.2 Å². The number of fused-ring (bicyclic) bond motifs is 1. The fourth-order valence-corrected chi connectivity index (χ4v) is 5.00. The van der Waals surface area contributed by atoms with Gasteiger partial charge in [0.15, 0.2) is 15.8 Å². The largest absolute Gasteiger partial charge is 0.441 e. The number of hydrogen-bond acceptors (Lipinski definition) is 7. The van der Waals surface area contributed by atoms with Gasteiger partial charge in [-0.25, -0.2) is 4.98 Å². The summed E-state index contributed by atoms with van der Waals surface area (Å²) in [6.07, 6.45) is 8.41. The monoisotopic (exact) mass is 374 g/mol. The molecule has 0 bridgehead atoms. The Morgan fingerprint density at radius 2 is 2.04 bits per heavy atom. The number of benzene rings is 1. The van der Waals surface area contributed by atoms with E-state index in [4.69, 9.17) is 4.42 Å². The number of thioether (sulfide) groups is 1. The molecule has 2 aromatic heterocycles. The van der Waals surface area contributed by atoms with Crippen molar-refractivity contribution in [2.75, 3.05) is 11.1 Å². The highest BCUT2D eigenvalue weighted by Crippen LogP contribution is 2.29. The first-order chi connectivity index (χ1) is 12.4. The first-order valence-electron chi connectivity index (χ1n) is 8.94. The van der Waals surface area contributed by atoms with Crippen LogP contribution in [0.2, 0.25) is 0 Å². The first-order valence-corrected chi connectivity index (χ1v) is 10.7. The summed E-state index contributed by atoms with van der Waals surface area (Å²) in [5.41, 5.74) is 1.81. The summed E-state index contributed by atoms with van der Waals surface area (Å²) in [7, 11) is 0. The van der Waals surface area contributed by atoms with E-state index in [0.717, 1.165) is 45.1 Å². The molecule has 0 amide bonds. The Morgan fingerprint density at radius 1 is 1.16 bits per heavy atom. The van der Waals surface area contributed by atoms with Gasteiger partial charge in [-0.3, -0.25) is 0 Å². The molecule has 7 heteroatoms. The molecule has 1 aromatic carbocycles. The highest BCUT2D eigenvalue weighted by Gasteiger charge is 2.15. The molecular formula is C18H22N4OS2. The molecule has 0 atom stereocenters. The number of aryl methyl sites for hydroxylation is 1. The molecule has 1 N–H and O–H groups in total. The molecule has 1 saturated carbocycles. The van der Waals surface area contributed by atoms with Gasteiger partial charge in [-0.1, -0.05) is 54.5 Å². The molecule has 1 fully saturated rings. The zero-order valence-corrected chi connectivity index (χ0v) is 15.7. The zero-order chi connectivity index (χ0) is 16.9. The van der Waals surface area contributed by atoms with Crippen LogP contribution in [0, 0.1) is 0 Å². The van der Waals surface area contributed by atoms with Crippen LogP contribution >= 0.6 is 23.1 Å². The van der Waals surface area contributed by atoms with E-state index in [0.29, 0.717) is 6.04 Å². The Balaban J connectivity index is 1.22. The number of rotatable bonds is 7. The Bertz CT molecular complexity index is 777. The van der Waals surface area contributed by atoms with Gasteiger partial charge in [-0.05, 0) is 31.4 Å². The van der Waals surface area contributed by atoms with Crippen LogP contribution in [-0.4, -0.2) is 27.0 Å². The summed E-state index contributed by atoms with van der Waals surface area (Å²) < 4.78 is 6.79. The van der Waals surface area contributed by atoms with Crippen LogP contribution in [0.25, 0.3) is 11.1 Å². The molecular weight excluding hydrogens is 352 g/mol. The van der Waals surface area contributed by atoms with E-state index in [-0.39, 0.29) is 0 Å². The fourth-order valence-electron chi connectivity index (χ4n) is 3.16. The quantitative estimate of drug-likeness (QED) is 0.456. The Kier molecular flexibility index (Phi) is 5.52. The molecule has 2 heterocycles. The molecule has 132 valence electrons. The molecule has 0 saturated heterocycles. The number of nitrogens with zero attached hydrogens (tertiary/aromatic N) is 3. The minimum atomic E-state index is 0.582. The second-order valence-corrected chi connectivity index (χ2v) is 8.70. The van der Waals surface area contributed by atoms with E-state index in [2.05, 4.69) is 20.5 Å². The lowest BCUT2D eigenvalue weighted by atomic mass is 9.96. The summed E-state index contributed by atoms with van der Waals surface area (Å²) in [6, 6.07) is 8.49. The lowest BCUT2D eigenvalue weighted by molar-refractivity contribution is 0.462. The second-order valence-electron chi connectivity index (χ2n) is 6.38. The van der Waals surface area contributed by atoms with Gasteiger partial charge in [0, 0.05) is 18.2 Å². The van der Waals surface area contributed by atoms with Crippen molar-refractivity contribution in [3.05, 3.63) is 30.2 Å². The van der Waals surface area contributed by atoms with Crippen LogP contribution in [0.4, 0.5) is 5.13 Å². The maximum absolute atomic E-state index is 5.75. The summed E-state index contributed by atoms with van der Waals surface area (Å²) in [6.45, 7) is 0. The van der Waals surface area contributed by atoms with Crippen molar-refractivity contribution < 1.29 is 4.42 Å². The van der Waals surface area contributed by atoms with Gasteiger partial charge in [0.05, 0.1) is 0 Å². The van der Waals surface area contributed by atoms with Crippen molar-refractivity contribution in [2.45, 2.75) is 55.3 Å². The molecule has 1 aliphatic carbocycles. The van der Waals surface area contributed by atoms with Crippen molar-refractivity contribution >= 4 is 39.3 Å². The number of anilines is 1. The van der Waals surface area contributed by atoms with Gasteiger partial charge < -0.3 is 9.73 Å². The maximum atomic E-state index is 5.75. The smallest absolute Gasteiger partial charge is 0.206 e. The van der Waals surface area contributed by atoms with E-state index in [1.807, 2.05) is 24.3 Å². The Hall–Kier alpha value is -1.60. The lowest BCUT2D eigenvalue weighted by Crippen LogP contribution is -2.21. The number of oxazole rings is 1. The summed E-state index contributed by atoms with van der Waals surface area (Å²) in [5.74, 6) is 1.82. The van der Waals surface area contributed by atoms with E-state index >= 15 is 0 Å². The minimum Gasteiger partial charge on any atom is -0.441 e. The average Bonchev–Trinajstić information content (AvgIpc) is 3.26. The third-order valence-electron chi connectivity index (χ3n) is 4.44. The number of aromatic nitrogens is 3. The molecule has 0 radical (unpaired) electrons. The molecule has 0 aliphatic heterocycles. The second kappa shape index (κ2) is 8.19. The van der Waals surface area contributed by atoms with Crippen LogP contribution < -0.4 is 5.32 Å². The average molecular weight is 375 g/mol. The first kappa shape index (κ1) is 16.8. The topological polar surface area (TPSA) is 63.8 Å². The molecule has 25 heavy (non-hydrogen) atoms. The van der Waals surface area contributed by atoms with Crippen molar-refractivity contribution in [1.29, 1.82) is 0 Å². The number of nitrogens with one attached hydrogen (secondary N) is 1. The van der Waals surface area contributed by atoms with Gasteiger partial charge in [0.25, 0.3) is 0 Å². The molecule has 1 aliphatic rings. The van der Waals surface area contributed by atoms with E-state index in [9.17, 15) is 0 Å².